The molecule has 2 heterocycles. The van der Waals surface area contributed by atoms with Crippen LogP contribution in [0.3, 0.4) is 0 Å². The third-order valence-corrected chi connectivity index (χ3v) is 3.76. The largest absolute Gasteiger partial charge is 0.481 e. The zero-order valence-corrected chi connectivity index (χ0v) is 9.12. The van der Waals surface area contributed by atoms with Gasteiger partial charge in [0.25, 0.3) is 0 Å². The van der Waals surface area contributed by atoms with Crippen molar-refractivity contribution in [2.24, 2.45) is 7.05 Å². The lowest BCUT2D eigenvalue weighted by molar-refractivity contribution is -0.138. The van der Waals surface area contributed by atoms with Crippen LogP contribution in [0.2, 0.25) is 0 Å². The summed E-state index contributed by atoms with van der Waals surface area (Å²) < 4.78 is 1.40. The number of hydrogen-bond donors (Lipinski definition) is 2. The lowest BCUT2D eigenvalue weighted by Crippen LogP contribution is -2.58. The first kappa shape index (κ1) is 10.4. The number of carbonyl (C=O) groups is 1. The van der Waals surface area contributed by atoms with Crippen molar-refractivity contribution in [3.63, 3.8) is 0 Å². The Balaban J connectivity index is 2.08. The smallest absolute Gasteiger partial charge is 0.304 e. The van der Waals surface area contributed by atoms with E-state index in [9.17, 15) is 4.79 Å². The van der Waals surface area contributed by atoms with Gasteiger partial charge >= 0.3 is 5.97 Å². The summed E-state index contributed by atoms with van der Waals surface area (Å²) in [5.74, 6) is -0.772. The minimum absolute atomic E-state index is 0.150. The Morgan fingerprint density at radius 2 is 2.53 bits per heavy atom. The molecule has 1 aromatic heterocycles. The van der Waals surface area contributed by atoms with Gasteiger partial charge in [-0.2, -0.15) is 5.10 Å². The van der Waals surface area contributed by atoms with Crippen molar-refractivity contribution in [3.05, 3.63) is 6.33 Å². The second-order valence-corrected chi connectivity index (χ2v) is 5.06. The molecule has 0 aliphatic carbocycles. The molecule has 1 saturated heterocycles. The molecule has 2 rings (SSSR count). The number of hydrogen-bond acceptors (Lipinski definition) is 5. The topological polar surface area (TPSA) is 80.0 Å². The van der Waals surface area contributed by atoms with E-state index in [1.807, 2.05) is 0 Å². The Morgan fingerprint density at radius 3 is 2.93 bits per heavy atom. The van der Waals surface area contributed by atoms with Gasteiger partial charge in [-0.3, -0.25) is 4.79 Å². The highest BCUT2D eigenvalue weighted by atomic mass is 32.2. The predicted molar refractivity (Wildman–Crippen MR) is 54.7 cm³/mol. The molecule has 1 aliphatic heterocycles. The molecule has 82 valence electrons. The summed E-state index contributed by atoms with van der Waals surface area (Å²) in [6, 6.07) is 0. The van der Waals surface area contributed by atoms with Crippen LogP contribution in [0.25, 0.3) is 0 Å². The number of thioether (sulfide) groups is 1. The molecule has 0 bridgehead atoms. The molecular formula is C8H12N4O2S. The van der Waals surface area contributed by atoms with Crippen LogP contribution >= 0.6 is 11.8 Å². The number of aryl methyl sites for hydroxylation is 1. The lowest BCUT2D eigenvalue weighted by Gasteiger charge is -2.40. The zero-order valence-electron chi connectivity index (χ0n) is 8.30. The minimum Gasteiger partial charge on any atom is -0.481 e. The van der Waals surface area contributed by atoms with Crippen molar-refractivity contribution < 1.29 is 9.90 Å². The van der Waals surface area contributed by atoms with Crippen molar-refractivity contribution in [2.75, 3.05) is 13.1 Å². The maximum Gasteiger partial charge on any atom is 0.304 e. The molecule has 0 saturated carbocycles. The molecule has 0 atom stereocenters. The maximum absolute atomic E-state index is 10.7. The lowest BCUT2D eigenvalue weighted by atomic mass is 9.98. The molecule has 15 heavy (non-hydrogen) atoms. The van der Waals surface area contributed by atoms with E-state index in [0.717, 1.165) is 5.16 Å². The molecule has 0 aromatic carbocycles. The van der Waals surface area contributed by atoms with Gasteiger partial charge in [-0.25, -0.2) is 9.67 Å². The summed E-state index contributed by atoms with van der Waals surface area (Å²) >= 11 is 1.49. The fourth-order valence-corrected chi connectivity index (χ4v) is 2.69. The Hall–Kier alpha value is -1.08. The third-order valence-electron chi connectivity index (χ3n) is 2.35. The standard InChI is InChI=1S/C8H12N4O2S/c1-12-7(10-5-11-12)15-8(2-6(13)14)3-9-4-8/h5,9H,2-4H2,1H3,(H,13,14). The maximum atomic E-state index is 10.7. The van der Waals surface area contributed by atoms with Gasteiger partial charge in [0.15, 0.2) is 5.16 Å². The Bertz CT molecular complexity index is 374. The molecule has 0 spiro atoms. The third kappa shape index (κ3) is 2.13. The highest BCUT2D eigenvalue weighted by Crippen LogP contribution is 2.37. The fraction of sp³-hybridized carbons (Fsp3) is 0.625. The molecule has 1 fully saturated rings. The Labute approximate surface area is 91.1 Å². The molecule has 6 nitrogen and oxygen atoms in total. The minimum atomic E-state index is -0.772. The van der Waals surface area contributed by atoms with E-state index in [1.165, 1.54) is 18.1 Å². The summed E-state index contributed by atoms with van der Waals surface area (Å²) in [6.45, 7) is 1.41. The van der Waals surface area contributed by atoms with E-state index in [2.05, 4.69) is 15.4 Å². The van der Waals surface area contributed by atoms with Crippen LogP contribution in [0.15, 0.2) is 11.5 Å². The van der Waals surface area contributed by atoms with E-state index in [4.69, 9.17) is 5.11 Å². The van der Waals surface area contributed by atoms with Gasteiger partial charge in [-0.05, 0) is 0 Å². The van der Waals surface area contributed by atoms with Gasteiger partial charge in [0.05, 0.1) is 11.2 Å². The van der Waals surface area contributed by atoms with Crippen LogP contribution in [-0.4, -0.2) is 43.7 Å². The van der Waals surface area contributed by atoms with E-state index in [-0.39, 0.29) is 11.2 Å². The van der Waals surface area contributed by atoms with Crippen LogP contribution in [0, 0.1) is 0 Å². The van der Waals surface area contributed by atoms with Crippen LogP contribution < -0.4 is 5.32 Å². The van der Waals surface area contributed by atoms with Gasteiger partial charge in [-0.15, -0.1) is 0 Å². The van der Waals surface area contributed by atoms with E-state index in [0.29, 0.717) is 13.1 Å². The first-order valence-corrected chi connectivity index (χ1v) is 5.38. The average Bonchev–Trinajstić information content (AvgIpc) is 2.47. The summed E-state index contributed by atoms with van der Waals surface area (Å²) in [5.41, 5.74) is 0. The van der Waals surface area contributed by atoms with E-state index >= 15 is 0 Å². The van der Waals surface area contributed by atoms with Crippen molar-refractivity contribution in [1.29, 1.82) is 0 Å². The number of carboxylic acids is 1. The highest BCUT2D eigenvalue weighted by molar-refractivity contribution is 8.00. The Morgan fingerprint density at radius 1 is 1.80 bits per heavy atom. The SMILES string of the molecule is Cn1ncnc1SC1(CC(=O)O)CNC1. The van der Waals surface area contributed by atoms with Crippen molar-refractivity contribution in [1.82, 2.24) is 20.1 Å². The van der Waals surface area contributed by atoms with Crippen molar-refractivity contribution in [3.8, 4) is 0 Å². The normalized spacial score (nSPS) is 18.5. The van der Waals surface area contributed by atoms with Gasteiger partial charge in [0, 0.05) is 20.1 Å². The summed E-state index contributed by atoms with van der Waals surface area (Å²) in [6.07, 6.45) is 1.63. The van der Waals surface area contributed by atoms with Crippen LogP contribution in [0.5, 0.6) is 0 Å². The van der Waals surface area contributed by atoms with E-state index < -0.39 is 5.97 Å². The second-order valence-electron chi connectivity index (χ2n) is 3.63. The molecular weight excluding hydrogens is 216 g/mol. The number of aromatic nitrogens is 3. The average molecular weight is 228 g/mol. The quantitative estimate of drug-likeness (QED) is 0.738. The van der Waals surface area contributed by atoms with Crippen LogP contribution in [0.1, 0.15) is 6.42 Å². The summed E-state index contributed by atoms with van der Waals surface area (Å²) in [5, 5.41) is 16.6. The number of aliphatic carboxylic acids is 1. The first-order valence-electron chi connectivity index (χ1n) is 4.57. The number of carboxylic acid groups (broad SMARTS) is 1. The highest BCUT2D eigenvalue weighted by Gasteiger charge is 2.41. The second kappa shape index (κ2) is 3.82. The molecule has 2 N–H and O–H groups in total. The number of rotatable bonds is 4. The van der Waals surface area contributed by atoms with E-state index in [1.54, 1.807) is 11.7 Å². The van der Waals surface area contributed by atoms with Crippen LogP contribution in [0.4, 0.5) is 0 Å². The van der Waals surface area contributed by atoms with Gasteiger partial charge in [0.1, 0.15) is 6.33 Å². The van der Waals surface area contributed by atoms with Gasteiger partial charge < -0.3 is 10.4 Å². The Kier molecular flexibility index (Phi) is 2.66. The molecule has 0 amide bonds. The fourth-order valence-electron chi connectivity index (χ4n) is 1.48. The van der Waals surface area contributed by atoms with Crippen molar-refractivity contribution in [2.45, 2.75) is 16.3 Å². The van der Waals surface area contributed by atoms with Crippen molar-refractivity contribution >= 4 is 17.7 Å². The molecule has 1 aromatic rings. The summed E-state index contributed by atoms with van der Waals surface area (Å²) in [7, 11) is 1.80. The summed E-state index contributed by atoms with van der Waals surface area (Å²) in [4.78, 5) is 14.8. The van der Waals surface area contributed by atoms with Gasteiger partial charge in [0.2, 0.25) is 0 Å². The molecule has 0 unspecified atom stereocenters. The molecule has 0 radical (unpaired) electrons. The first-order chi connectivity index (χ1) is 7.11. The molecule has 1 aliphatic rings. The number of nitrogens with zero attached hydrogens (tertiary/aromatic N) is 3. The monoisotopic (exact) mass is 228 g/mol. The van der Waals surface area contributed by atoms with Gasteiger partial charge in [-0.1, -0.05) is 11.8 Å². The molecule has 7 heteroatoms. The number of nitrogens with one attached hydrogen (secondary N) is 1. The zero-order chi connectivity index (χ0) is 10.9. The van der Waals surface area contributed by atoms with Crippen LogP contribution in [-0.2, 0) is 11.8 Å². The predicted octanol–water partition coefficient (Wildman–Crippen LogP) is -0.276.